The summed E-state index contributed by atoms with van der Waals surface area (Å²) in [5.41, 5.74) is 1.28. The van der Waals surface area contributed by atoms with Crippen LogP contribution in [0.1, 0.15) is 11.3 Å². The van der Waals surface area contributed by atoms with Crippen LogP contribution in [0.25, 0.3) is 11.1 Å². The summed E-state index contributed by atoms with van der Waals surface area (Å²) in [7, 11) is 1.51. The molecule has 0 bridgehead atoms. The lowest BCUT2D eigenvalue weighted by atomic mass is 9.99. The first kappa shape index (κ1) is 15.2. The van der Waals surface area contributed by atoms with E-state index >= 15 is 0 Å². The number of methoxy groups -OCH3 is 1. The lowest BCUT2D eigenvalue weighted by molar-refractivity contribution is 0.332. The zero-order chi connectivity index (χ0) is 16.1. The van der Waals surface area contributed by atoms with E-state index in [2.05, 4.69) is 10.9 Å². The van der Waals surface area contributed by atoms with Crippen LogP contribution in [0.5, 0.6) is 11.5 Å². The number of terminal acetylenes is 1. The number of nitrogens with one attached hydrogen (secondary N) is 1. The van der Waals surface area contributed by atoms with Crippen molar-refractivity contribution >= 4 is 0 Å². The summed E-state index contributed by atoms with van der Waals surface area (Å²) >= 11 is 0. The first-order chi connectivity index (χ1) is 10.6. The van der Waals surface area contributed by atoms with Crippen molar-refractivity contribution in [1.29, 1.82) is 5.26 Å². The predicted molar refractivity (Wildman–Crippen MR) is 82.8 cm³/mol. The van der Waals surface area contributed by atoms with Gasteiger partial charge in [-0.15, -0.1) is 6.42 Å². The second kappa shape index (κ2) is 6.51. The van der Waals surface area contributed by atoms with Gasteiger partial charge in [-0.3, -0.25) is 4.79 Å². The summed E-state index contributed by atoms with van der Waals surface area (Å²) < 4.78 is 10.8. The lowest BCUT2D eigenvalue weighted by Gasteiger charge is -2.14. The van der Waals surface area contributed by atoms with Crippen LogP contribution in [0.2, 0.25) is 0 Å². The third kappa shape index (κ3) is 2.79. The molecule has 5 heteroatoms. The smallest absolute Gasteiger partial charge is 0.266 e. The molecule has 0 aliphatic carbocycles. The number of hydrogen-bond acceptors (Lipinski definition) is 4. The number of para-hydroxylation sites is 1. The van der Waals surface area contributed by atoms with E-state index in [1.807, 2.05) is 6.07 Å². The highest BCUT2D eigenvalue weighted by atomic mass is 16.5. The highest BCUT2D eigenvalue weighted by Crippen LogP contribution is 2.38. The molecule has 2 aromatic rings. The number of nitrogens with zero attached hydrogens (tertiary/aromatic N) is 1. The van der Waals surface area contributed by atoms with Gasteiger partial charge in [-0.25, -0.2) is 0 Å². The van der Waals surface area contributed by atoms with E-state index in [1.54, 1.807) is 31.2 Å². The van der Waals surface area contributed by atoms with Crippen molar-refractivity contribution in [2.75, 3.05) is 13.7 Å². The Morgan fingerprint density at radius 1 is 1.36 bits per heavy atom. The molecule has 0 aliphatic rings. The number of aromatic nitrogens is 1. The number of benzene rings is 1. The standard InChI is InChI=1S/C17H14N2O3/c1-4-8-22-16-12(6-5-7-15(16)21-3)13-9-11(2)19-17(20)14(13)10-18/h1,5-7,9H,8H2,2-3H3,(H,19,20). The van der Waals surface area contributed by atoms with Crippen molar-refractivity contribution in [3.05, 3.63) is 45.9 Å². The number of pyridine rings is 1. The van der Waals surface area contributed by atoms with Crippen molar-refractivity contribution in [3.8, 4) is 41.0 Å². The second-order valence-electron chi connectivity index (χ2n) is 4.51. The fraction of sp³-hybridized carbons (Fsp3) is 0.176. The maximum absolute atomic E-state index is 12.0. The third-order valence-electron chi connectivity index (χ3n) is 3.07. The predicted octanol–water partition coefficient (Wildman–Crippen LogP) is 2.24. The van der Waals surface area contributed by atoms with Crippen LogP contribution in [0.4, 0.5) is 0 Å². The van der Waals surface area contributed by atoms with Crippen molar-refractivity contribution in [2.45, 2.75) is 6.92 Å². The minimum absolute atomic E-state index is 0.0180. The van der Waals surface area contributed by atoms with Gasteiger partial charge in [0.25, 0.3) is 5.56 Å². The van der Waals surface area contributed by atoms with Crippen LogP contribution in [-0.4, -0.2) is 18.7 Å². The molecule has 1 aromatic carbocycles. The Labute approximate surface area is 128 Å². The van der Waals surface area contributed by atoms with Crippen LogP contribution in [0.3, 0.4) is 0 Å². The molecule has 0 saturated heterocycles. The number of H-pyrrole nitrogens is 1. The average Bonchev–Trinajstić information content (AvgIpc) is 2.51. The van der Waals surface area contributed by atoms with Crippen LogP contribution in [-0.2, 0) is 0 Å². The number of nitriles is 1. The SMILES string of the molecule is C#CCOc1c(OC)cccc1-c1cc(C)[nH]c(=O)c1C#N. The number of aryl methyl sites for hydroxylation is 1. The van der Waals surface area contributed by atoms with E-state index < -0.39 is 5.56 Å². The topological polar surface area (TPSA) is 75.1 Å². The monoisotopic (exact) mass is 294 g/mol. The Hall–Kier alpha value is -3.18. The molecule has 2 rings (SSSR count). The first-order valence-corrected chi connectivity index (χ1v) is 6.50. The zero-order valence-corrected chi connectivity index (χ0v) is 12.3. The Bertz CT molecular complexity index is 838. The van der Waals surface area contributed by atoms with E-state index in [9.17, 15) is 10.1 Å². The van der Waals surface area contributed by atoms with E-state index in [1.165, 1.54) is 7.11 Å². The Kier molecular flexibility index (Phi) is 4.50. The summed E-state index contributed by atoms with van der Waals surface area (Å²) in [6.07, 6.45) is 5.24. The summed E-state index contributed by atoms with van der Waals surface area (Å²) in [5.74, 6) is 3.27. The summed E-state index contributed by atoms with van der Waals surface area (Å²) in [5, 5.41) is 9.27. The fourth-order valence-electron chi connectivity index (χ4n) is 2.16. The molecule has 0 radical (unpaired) electrons. The fourth-order valence-corrected chi connectivity index (χ4v) is 2.16. The number of aromatic amines is 1. The van der Waals surface area contributed by atoms with Crippen LogP contribution < -0.4 is 15.0 Å². The van der Waals surface area contributed by atoms with Crippen molar-refractivity contribution < 1.29 is 9.47 Å². The maximum Gasteiger partial charge on any atom is 0.266 e. The van der Waals surface area contributed by atoms with Gasteiger partial charge in [-0.2, -0.15) is 5.26 Å². The van der Waals surface area contributed by atoms with Crippen LogP contribution in [0, 0.1) is 30.6 Å². The molecule has 110 valence electrons. The minimum atomic E-state index is -0.441. The molecule has 0 unspecified atom stereocenters. The number of ether oxygens (including phenoxy) is 2. The van der Waals surface area contributed by atoms with Gasteiger partial charge in [0, 0.05) is 16.8 Å². The van der Waals surface area contributed by atoms with Crippen molar-refractivity contribution in [2.24, 2.45) is 0 Å². The molecule has 1 aromatic heterocycles. The van der Waals surface area contributed by atoms with Gasteiger partial charge in [-0.1, -0.05) is 18.1 Å². The quantitative estimate of drug-likeness (QED) is 0.877. The molecule has 0 fully saturated rings. The molecular formula is C17H14N2O3. The van der Waals surface area contributed by atoms with Gasteiger partial charge in [-0.05, 0) is 19.1 Å². The molecule has 0 spiro atoms. The summed E-state index contributed by atoms with van der Waals surface area (Å²) in [4.78, 5) is 14.6. The minimum Gasteiger partial charge on any atom is -0.493 e. The maximum atomic E-state index is 12.0. The summed E-state index contributed by atoms with van der Waals surface area (Å²) in [6.45, 7) is 1.80. The average molecular weight is 294 g/mol. The molecule has 1 heterocycles. The molecule has 5 nitrogen and oxygen atoms in total. The van der Waals surface area contributed by atoms with Gasteiger partial charge in [0.05, 0.1) is 7.11 Å². The van der Waals surface area contributed by atoms with E-state index in [-0.39, 0.29) is 12.2 Å². The molecular weight excluding hydrogens is 280 g/mol. The van der Waals surface area contributed by atoms with Gasteiger partial charge in [0.2, 0.25) is 0 Å². The zero-order valence-electron chi connectivity index (χ0n) is 12.3. The van der Waals surface area contributed by atoms with Gasteiger partial charge in [0.1, 0.15) is 18.2 Å². The molecule has 0 amide bonds. The van der Waals surface area contributed by atoms with Crippen molar-refractivity contribution in [1.82, 2.24) is 4.98 Å². The van der Waals surface area contributed by atoms with E-state index in [0.717, 1.165) is 0 Å². The Balaban J connectivity index is 2.76. The highest BCUT2D eigenvalue weighted by Gasteiger charge is 2.17. The van der Waals surface area contributed by atoms with Crippen LogP contribution >= 0.6 is 0 Å². The highest BCUT2D eigenvalue weighted by molar-refractivity contribution is 5.78. The molecule has 22 heavy (non-hydrogen) atoms. The molecule has 0 atom stereocenters. The van der Waals surface area contributed by atoms with E-state index in [4.69, 9.17) is 15.9 Å². The lowest BCUT2D eigenvalue weighted by Crippen LogP contribution is -2.13. The number of hydrogen-bond donors (Lipinski definition) is 1. The van der Waals surface area contributed by atoms with Gasteiger partial charge in [0.15, 0.2) is 11.5 Å². The van der Waals surface area contributed by atoms with Crippen molar-refractivity contribution in [3.63, 3.8) is 0 Å². The van der Waals surface area contributed by atoms with Gasteiger partial charge >= 0.3 is 0 Å². The molecule has 1 N–H and O–H groups in total. The summed E-state index contributed by atoms with van der Waals surface area (Å²) in [6, 6.07) is 8.89. The van der Waals surface area contributed by atoms with Gasteiger partial charge < -0.3 is 14.5 Å². The Morgan fingerprint density at radius 2 is 2.14 bits per heavy atom. The second-order valence-corrected chi connectivity index (χ2v) is 4.51. The third-order valence-corrected chi connectivity index (χ3v) is 3.07. The normalized spacial score (nSPS) is 9.64. The first-order valence-electron chi connectivity index (χ1n) is 6.50. The Morgan fingerprint density at radius 3 is 2.77 bits per heavy atom. The number of rotatable bonds is 4. The van der Waals surface area contributed by atoms with E-state index in [0.29, 0.717) is 28.3 Å². The largest absolute Gasteiger partial charge is 0.493 e. The molecule has 0 saturated carbocycles. The van der Waals surface area contributed by atoms with Crippen LogP contribution in [0.15, 0.2) is 29.1 Å². The molecule has 0 aliphatic heterocycles.